The van der Waals surface area contributed by atoms with Crippen LogP contribution in [0.1, 0.15) is 23.6 Å². The molecule has 2 amide bonds. The van der Waals surface area contributed by atoms with E-state index in [0.29, 0.717) is 5.69 Å². The van der Waals surface area contributed by atoms with E-state index < -0.39 is 11.8 Å². The van der Waals surface area contributed by atoms with Crippen LogP contribution in [0.15, 0.2) is 12.1 Å². The molecule has 110 valence electrons. The molecule has 1 atom stereocenters. The Labute approximate surface area is 119 Å². The lowest BCUT2D eigenvalue weighted by Crippen LogP contribution is -2.38. The maximum absolute atomic E-state index is 11.8. The first-order valence-corrected chi connectivity index (χ1v) is 6.63. The average Bonchev–Trinajstić information content (AvgIpc) is 2.39. The van der Waals surface area contributed by atoms with E-state index in [1.807, 2.05) is 32.9 Å². The minimum Gasteiger partial charge on any atom is -0.396 e. The van der Waals surface area contributed by atoms with Gasteiger partial charge in [-0.1, -0.05) is 24.6 Å². The van der Waals surface area contributed by atoms with E-state index in [0.717, 1.165) is 16.7 Å². The highest BCUT2D eigenvalue weighted by Gasteiger charge is 2.16. The molecule has 0 aliphatic rings. The number of hydrogen-bond acceptors (Lipinski definition) is 3. The van der Waals surface area contributed by atoms with Crippen molar-refractivity contribution < 1.29 is 14.7 Å². The molecule has 0 bridgehead atoms. The molecule has 0 aliphatic heterocycles. The Hall–Kier alpha value is -1.88. The molecule has 1 aromatic rings. The van der Waals surface area contributed by atoms with Gasteiger partial charge in [0.15, 0.2) is 0 Å². The monoisotopic (exact) mass is 278 g/mol. The number of amides is 2. The number of hydrogen-bond donors (Lipinski definition) is 3. The van der Waals surface area contributed by atoms with Crippen LogP contribution in [0.3, 0.4) is 0 Å². The minimum absolute atomic E-state index is 0.0297. The molecule has 0 heterocycles. The number of aliphatic hydroxyl groups excluding tert-OH is 1. The van der Waals surface area contributed by atoms with Gasteiger partial charge in [0.05, 0.1) is 0 Å². The summed E-state index contributed by atoms with van der Waals surface area (Å²) in [6, 6.07) is 3.91. The maximum Gasteiger partial charge on any atom is 0.313 e. The zero-order valence-electron chi connectivity index (χ0n) is 12.4. The topological polar surface area (TPSA) is 78.4 Å². The summed E-state index contributed by atoms with van der Waals surface area (Å²) in [7, 11) is 0. The molecule has 0 radical (unpaired) electrons. The molecule has 20 heavy (non-hydrogen) atoms. The molecule has 1 unspecified atom stereocenters. The Bertz CT molecular complexity index is 489. The summed E-state index contributed by atoms with van der Waals surface area (Å²) in [6.45, 7) is 7.79. The van der Waals surface area contributed by atoms with E-state index in [2.05, 4.69) is 10.6 Å². The fourth-order valence-electron chi connectivity index (χ4n) is 1.96. The number of nitrogens with one attached hydrogen (secondary N) is 2. The molecule has 1 aromatic carbocycles. The Morgan fingerprint density at radius 2 is 1.70 bits per heavy atom. The Morgan fingerprint density at radius 1 is 1.15 bits per heavy atom. The molecule has 0 saturated carbocycles. The maximum atomic E-state index is 11.8. The molecular formula is C15H22N2O3. The van der Waals surface area contributed by atoms with Crippen molar-refractivity contribution in [3.05, 3.63) is 28.8 Å². The van der Waals surface area contributed by atoms with Gasteiger partial charge < -0.3 is 15.7 Å². The first-order valence-electron chi connectivity index (χ1n) is 6.63. The summed E-state index contributed by atoms with van der Waals surface area (Å²) in [5, 5.41) is 14.0. The molecular weight excluding hydrogens is 256 g/mol. The smallest absolute Gasteiger partial charge is 0.313 e. The molecule has 0 fully saturated rings. The fraction of sp³-hybridized carbons (Fsp3) is 0.467. The quantitative estimate of drug-likeness (QED) is 0.726. The second-order valence-corrected chi connectivity index (χ2v) is 5.23. The zero-order chi connectivity index (χ0) is 15.3. The fourth-order valence-corrected chi connectivity index (χ4v) is 1.96. The molecule has 5 heteroatoms. The third-order valence-electron chi connectivity index (χ3n) is 3.04. The highest BCUT2D eigenvalue weighted by atomic mass is 16.3. The second-order valence-electron chi connectivity index (χ2n) is 5.23. The van der Waals surface area contributed by atoms with Gasteiger partial charge in [-0.05, 0) is 37.8 Å². The number of aliphatic hydroxyl groups is 1. The van der Waals surface area contributed by atoms with Gasteiger partial charge in [-0.15, -0.1) is 0 Å². The van der Waals surface area contributed by atoms with Crippen molar-refractivity contribution in [2.24, 2.45) is 5.92 Å². The van der Waals surface area contributed by atoms with Crippen LogP contribution in [0.2, 0.25) is 0 Å². The molecule has 0 aliphatic carbocycles. The summed E-state index contributed by atoms with van der Waals surface area (Å²) < 4.78 is 0. The number of carbonyl (C=O) groups is 2. The molecule has 0 saturated heterocycles. The van der Waals surface area contributed by atoms with Gasteiger partial charge in [-0.25, -0.2) is 0 Å². The van der Waals surface area contributed by atoms with Crippen molar-refractivity contribution in [2.75, 3.05) is 18.5 Å². The van der Waals surface area contributed by atoms with Crippen molar-refractivity contribution >= 4 is 17.5 Å². The summed E-state index contributed by atoms with van der Waals surface area (Å²) in [5.41, 5.74) is 3.63. The highest BCUT2D eigenvalue weighted by Crippen LogP contribution is 2.21. The number of rotatable bonds is 4. The standard InChI is InChI=1S/C15H22N2O3/c1-9-5-11(3)13(12(4)6-9)17-15(20)14(19)16-7-10(2)8-18/h5-6,10,18H,7-8H2,1-4H3,(H,16,19)(H,17,20). The molecule has 0 aromatic heterocycles. The third kappa shape index (κ3) is 4.35. The minimum atomic E-state index is -0.690. The number of benzene rings is 1. The predicted molar refractivity (Wildman–Crippen MR) is 78.5 cm³/mol. The zero-order valence-corrected chi connectivity index (χ0v) is 12.4. The van der Waals surface area contributed by atoms with Gasteiger partial charge in [0.25, 0.3) is 0 Å². The van der Waals surface area contributed by atoms with Crippen LogP contribution in [-0.4, -0.2) is 30.1 Å². The number of carbonyl (C=O) groups excluding carboxylic acids is 2. The van der Waals surface area contributed by atoms with Gasteiger partial charge in [0.1, 0.15) is 0 Å². The highest BCUT2D eigenvalue weighted by molar-refractivity contribution is 6.39. The number of aryl methyl sites for hydroxylation is 3. The van der Waals surface area contributed by atoms with Crippen molar-refractivity contribution in [1.29, 1.82) is 0 Å². The summed E-state index contributed by atoms with van der Waals surface area (Å²) in [6.07, 6.45) is 0. The van der Waals surface area contributed by atoms with Crippen molar-refractivity contribution in [2.45, 2.75) is 27.7 Å². The third-order valence-corrected chi connectivity index (χ3v) is 3.04. The Kier molecular flexibility index (Phi) is 5.70. The van der Waals surface area contributed by atoms with Gasteiger partial charge in [0.2, 0.25) is 0 Å². The van der Waals surface area contributed by atoms with E-state index >= 15 is 0 Å². The van der Waals surface area contributed by atoms with Crippen molar-refractivity contribution in [3.8, 4) is 0 Å². The van der Waals surface area contributed by atoms with Crippen LogP contribution in [0.5, 0.6) is 0 Å². The summed E-state index contributed by atoms with van der Waals surface area (Å²) in [4.78, 5) is 23.5. The molecule has 5 nitrogen and oxygen atoms in total. The van der Waals surface area contributed by atoms with E-state index in [-0.39, 0.29) is 19.1 Å². The Balaban J connectivity index is 2.69. The SMILES string of the molecule is Cc1cc(C)c(NC(=O)C(=O)NCC(C)CO)c(C)c1. The molecule has 3 N–H and O–H groups in total. The van der Waals surface area contributed by atoms with Crippen LogP contribution in [0.4, 0.5) is 5.69 Å². The van der Waals surface area contributed by atoms with Crippen LogP contribution in [0, 0.1) is 26.7 Å². The van der Waals surface area contributed by atoms with Gasteiger partial charge in [-0.2, -0.15) is 0 Å². The predicted octanol–water partition coefficient (Wildman–Crippen LogP) is 1.29. The molecule has 0 spiro atoms. The van der Waals surface area contributed by atoms with Gasteiger partial charge in [-0.3, -0.25) is 9.59 Å². The molecule has 1 rings (SSSR count). The Morgan fingerprint density at radius 3 is 2.20 bits per heavy atom. The van der Waals surface area contributed by atoms with Crippen LogP contribution >= 0.6 is 0 Å². The lowest BCUT2D eigenvalue weighted by molar-refractivity contribution is -0.136. The first-order chi connectivity index (χ1) is 9.35. The lowest BCUT2D eigenvalue weighted by atomic mass is 10.1. The van der Waals surface area contributed by atoms with Gasteiger partial charge >= 0.3 is 11.8 Å². The van der Waals surface area contributed by atoms with E-state index in [1.165, 1.54) is 0 Å². The second kappa shape index (κ2) is 7.05. The number of anilines is 1. The van der Waals surface area contributed by atoms with E-state index in [1.54, 1.807) is 6.92 Å². The summed E-state index contributed by atoms with van der Waals surface area (Å²) >= 11 is 0. The largest absolute Gasteiger partial charge is 0.396 e. The van der Waals surface area contributed by atoms with E-state index in [4.69, 9.17) is 5.11 Å². The van der Waals surface area contributed by atoms with Gasteiger partial charge in [0, 0.05) is 18.8 Å². The lowest BCUT2D eigenvalue weighted by Gasteiger charge is -2.13. The van der Waals surface area contributed by atoms with E-state index in [9.17, 15) is 9.59 Å². The van der Waals surface area contributed by atoms with Crippen molar-refractivity contribution in [1.82, 2.24) is 5.32 Å². The van der Waals surface area contributed by atoms with Crippen LogP contribution in [0.25, 0.3) is 0 Å². The first kappa shape index (κ1) is 16.2. The normalized spacial score (nSPS) is 11.8. The average molecular weight is 278 g/mol. The van der Waals surface area contributed by atoms with Crippen LogP contribution in [-0.2, 0) is 9.59 Å². The van der Waals surface area contributed by atoms with Crippen molar-refractivity contribution in [3.63, 3.8) is 0 Å². The van der Waals surface area contributed by atoms with Crippen LogP contribution < -0.4 is 10.6 Å². The summed E-state index contributed by atoms with van der Waals surface area (Å²) in [5.74, 6) is -1.45.